The second-order valence-corrected chi connectivity index (χ2v) is 5.39. The van der Waals surface area contributed by atoms with E-state index in [-0.39, 0.29) is 0 Å². The number of rotatable bonds is 2. The quantitative estimate of drug-likeness (QED) is 0.511. The van der Waals surface area contributed by atoms with Crippen LogP contribution in [0.5, 0.6) is 0 Å². The second-order valence-electron chi connectivity index (χ2n) is 5.39. The third-order valence-corrected chi connectivity index (χ3v) is 4.06. The molecule has 0 amide bonds. The zero-order valence-electron chi connectivity index (χ0n) is 12.4. The SMILES string of the molecule is Cn1c(-c2ccccc2)c(-c2ccccc2)c2cccnc21. The lowest BCUT2D eigenvalue weighted by Gasteiger charge is -2.08. The Labute approximate surface area is 129 Å². The van der Waals surface area contributed by atoms with Crippen LogP contribution in [0, 0.1) is 0 Å². The molecule has 0 unspecified atom stereocenters. The molecule has 2 heterocycles. The van der Waals surface area contributed by atoms with Crippen molar-refractivity contribution in [1.82, 2.24) is 9.55 Å². The van der Waals surface area contributed by atoms with Crippen molar-refractivity contribution in [2.24, 2.45) is 7.05 Å². The van der Waals surface area contributed by atoms with E-state index in [2.05, 4.69) is 77.3 Å². The van der Waals surface area contributed by atoms with Gasteiger partial charge >= 0.3 is 0 Å². The summed E-state index contributed by atoms with van der Waals surface area (Å²) in [6.45, 7) is 0. The van der Waals surface area contributed by atoms with Crippen LogP contribution in [0.15, 0.2) is 79.0 Å². The number of aryl methyl sites for hydroxylation is 1. The molecule has 22 heavy (non-hydrogen) atoms. The van der Waals surface area contributed by atoms with E-state index in [0.29, 0.717) is 0 Å². The van der Waals surface area contributed by atoms with Gasteiger partial charge < -0.3 is 4.57 Å². The third kappa shape index (κ3) is 1.92. The summed E-state index contributed by atoms with van der Waals surface area (Å²) in [6.07, 6.45) is 1.85. The fraction of sp³-hybridized carbons (Fsp3) is 0.0500. The van der Waals surface area contributed by atoms with Crippen LogP contribution in [0.4, 0.5) is 0 Å². The molecule has 2 nitrogen and oxygen atoms in total. The Morgan fingerprint density at radius 3 is 2.05 bits per heavy atom. The molecular weight excluding hydrogens is 268 g/mol. The normalized spacial score (nSPS) is 11.0. The highest BCUT2D eigenvalue weighted by atomic mass is 15.0. The monoisotopic (exact) mass is 284 g/mol. The van der Waals surface area contributed by atoms with Crippen LogP contribution in [0.3, 0.4) is 0 Å². The number of hydrogen-bond donors (Lipinski definition) is 0. The first-order chi connectivity index (χ1) is 10.9. The van der Waals surface area contributed by atoms with E-state index < -0.39 is 0 Å². The molecule has 2 heteroatoms. The molecule has 0 aliphatic carbocycles. The maximum Gasteiger partial charge on any atom is 0.140 e. The summed E-state index contributed by atoms with van der Waals surface area (Å²) in [5.41, 5.74) is 5.90. The minimum atomic E-state index is 1.01. The first-order valence-electron chi connectivity index (χ1n) is 7.40. The fourth-order valence-corrected chi connectivity index (χ4v) is 3.09. The van der Waals surface area contributed by atoms with Gasteiger partial charge in [0, 0.05) is 24.2 Å². The number of benzene rings is 2. The minimum Gasteiger partial charge on any atom is -0.328 e. The Bertz CT molecular complexity index is 922. The lowest BCUT2D eigenvalue weighted by Crippen LogP contribution is -1.93. The van der Waals surface area contributed by atoms with Crippen molar-refractivity contribution < 1.29 is 0 Å². The first kappa shape index (κ1) is 12.8. The largest absolute Gasteiger partial charge is 0.328 e. The van der Waals surface area contributed by atoms with E-state index in [1.807, 2.05) is 18.3 Å². The van der Waals surface area contributed by atoms with Crippen LogP contribution >= 0.6 is 0 Å². The van der Waals surface area contributed by atoms with Crippen molar-refractivity contribution in [2.45, 2.75) is 0 Å². The number of pyridine rings is 1. The highest BCUT2D eigenvalue weighted by Crippen LogP contribution is 2.39. The summed E-state index contributed by atoms with van der Waals surface area (Å²) in [5.74, 6) is 0. The van der Waals surface area contributed by atoms with Crippen molar-refractivity contribution in [2.75, 3.05) is 0 Å². The smallest absolute Gasteiger partial charge is 0.140 e. The summed E-state index contributed by atoms with van der Waals surface area (Å²) in [5, 5.41) is 1.19. The van der Waals surface area contributed by atoms with Gasteiger partial charge in [0.15, 0.2) is 0 Å². The van der Waals surface area contributed by atoms with E-state index in [4.69, 9.17) is 0 Å². The molecule has 2 aromatic heterocycles. The van der Waals surface area contributed by atoms with Gasteiger partial charge in [0.25, 0.3) is 0 Å². The molecule has 0 spiro atoms. The Morgan fingerprint density at radius 1 is 0.727 bits per heavy atom. The minimum absolute atomic E-state index is 1.01. The zero-order chi connectivity index (χ0) is 14.9. The van der Waals surface area contributed by atoms with Crippen molar-refractivity contribution in [1.29, 1.82) is 0 Å². The molecule has 0 saturated heterocycles. The zero-order valence-corrected chi connectivity index (χ0v) is 12.4. The predicted molar refractivity (Wildman–Crippen MR) is 91.6 cm³/mol. The molecule has 0 fully saturated rings. The lowest BCUT2D eigenvalue weighted by molar-refractivity contribution is 0.958. The molecule has 4 rings (SSSR count). The highest BCUT2D eigenvalue weighted by molar-refractivity contribution is 6.03. The molecule has 0 saturated carbocycles. The maximum atomic E-state index is 4.58. The molecule has 0 N–H and O–H groups in total. The van der Waals surface area contributed by atoms with E-state index in [1.165, 1.54) is 27.8 Å². The van der Waals surface area contributed by atoms with E-state index >= 15 is 0 Å². The average Bonchev–Trinajstić information content (AvgIpc) is 2.90. The van der Waals surface area contributed by atoms with Gasteiger partial charge in [0.2, 0.25) is 0 Å². The van der Waals surface area contributed by atoms with Crippen LogP contribution in [-0.2, 0) is 7.05 Å². The van der Waals surface area contributed by atoms with Crippen LogP contribution in [0.2, 0.25) is 0 Å². The van der Waals surface area contributed by atoms with Gasteiger partial charge in [-0.3, -0.25) is 0 Å². The van der Waals surface area contributed by atoms with Gasteiger partial charge in [-0.15, -0.1) is 0 Å². The summed E-state index contributed by atoms with van der Waals surface area (Å²) >= 11 is 0. The Hall–Kier alpha value is -2.87. The van der Waals surface area contributed by atoms with E-state index in [9.17, 15) is 0 Å². The topological polar surface area (TPSA) is 17.8 Å². The van der Waals surface area contributed by atoms with Crippen molar-refractivity contribution in [3.05, 3.63) is 79.0 Å². The summed E-state index contributed by atoms with van der Waals surface area (Å²) in [7, 11) is 2.09. The average molecular weight is 284 g/mol. The Balaban J connectivity index is 2.14. The van der Waals surface area contributed by atoms with Gasteiger partial charge in [-0.25, -0.2) is 4.98 Å². The predicted octanol–water partition coefficient (Wildman–Crippen LogP) is 4.91. The van der Waals surface area contributed by atoms with Gasteiger partial charge in [-0.05, 0) is 23.3 Å². The Morgan fingerprint density at radius 2 is 1.36 bits per heavy atom. The number of fused-ring (bicyclic) bond motifs is 1. The molecule has 106 valence electrons. The lowest BCUT2D eigenvalue weighted by atomic mass is 9.99. The molecular formula is C20H16N2. The van der Waals surface area contributed by atoms with Gasteiger partial charge in [0.1, 0.15) is 5.65 Å². The van der Waals surface area contributed by atoms with Crippen molar-refractivity contribution in [3.8, 4) is 22.4 Å². The number of hydrogen-bond acceptors (Lipinski definition) is 1. The number of aromatic nitrogens is 2. The first-order valence-corrected chi connectivity index (χ1v) is 7.40. The van der Waals surface area contributed by atoms with Gasteiger partial charge in [0.05, 0.1) is 5.69 Å². The summed E-state index contributed by atoms with van der Waals surface area (Å²) in [4.78, 5) is 4.58. The molecule has 4 aromatic rings. The fourth-order valence-electron chi connectivity index (χ4n) is 3.09. The van der Waals surface area contributed by atoms with E-state index in [1.54, 1.807) is 0 Å². The molecule has 0 aliphatic heterocycles. The van der Waals surface area contributed by atoms with Crippen LogP contribution < -0.4 is 0 Å². The third-order valence-electron chi connectivity index (χ3n) is 4.06. The molecule has 0 aliphatic rings. The molecule has 0 bridgehead atoms. The maximum absolute atomic E-state index is 4.58. The summed E-state index contributed by atoms with van der Waals surface area (Å²) in [6, 6.07) is 25.2. The molecule has 0 radical (unpaired) electrons. The van der Waals surface area contributed by atoms with Gasteiger partial charge in [-0.2, -0.15) is 0 Å². The van der Waals surface area contributed by atoms with Crippen LogP contribution in [0.1, 0.15) is 0 Å². The Kier molecular flexibility index (Phi) is 3.01. The van der Waals surface area contributed by atoms with Crippen LogP contribution in [-0.4, -0.2) is 9.55 Å². The standard InChI is InChI=1S/C20H16N2/c1-22-19(16-11-6-3-7-12-16)18(15-9-4-2-5-10-15)17-13-8-14-21-20(17)22/h2-14H,1H3. The number of nitrogens with zero attached hydrogens (tertiary/aromatic N) is 2. The van der Waals surface area contributed by atoms with E-state index in [0.717, 1.165) is 5.65 Å². The van der Waals surface area contributed by atoms with Crippen molar-refractivity contribution in [3.63, 3.8) is 0 Å². The summed E-state index contributed by atoms with van der Waals surface area (Å²) < 4.78 is 2.19. The van der Waals surface area contributed by atoms with Gasteiger partial charge in [-0.1, -0.05) is 60.7 Å². The highest BCUT2D eigenvalue weighted by Gasteiger charge is 2.18. The molecule has 0 atom stereocenters. The molecule has 2 aromatic carbocycles. The van der Waals surface area contributed by atoms with Crippen molar-refractivity contribution >= 4 is 11.0 Å². The second kappa shape index (κ2) is 5.15. The van der Waals surface area contributed by atoms with Crippen LogP contribution in [0.25, 0.3) is 33.4 Å².